The van der Waals surface area contributed by atoms with E-state index in [-0.39, 0.29) is 11.3 Å². The molecule has 1 amide bonds. The van der Waals surface area contributed by atoms with Crippen molar-refractivity contribution in [3.05, 3.63) is 16.0 Å². The normalized spacial score (nSPS) is 16.8. The van der Waals surface area contributed by atoms with E-state index in [1.54, 1.807) is 11.3 Å². The van der Waals surface area contributed by atoms with Crippen molar-refractivity contribution >= 4 is 22.2 Å². The summed E-state index contributed by atoms with van der Waals surface area (Å²) in [5.74, 6) is 0.704. The second-order valence-electron chi connectivity index (χ2n) is 8.69. The van der Waals surface area contributed by atoms with Gasteiger partial charge in [0, 0.05) is 11.3 Å². The first-order valence-corrected chi connectivity index (χ1v) is 11.0. The van der Waals surface area contributed by atoms with E-state index in [2.05, 4.69) is 39.1 Å². The highest BCUT2D eigenvalue weighted by atomic mass is 32.1. The average molecular weight is 375 g/mol. The first-order chi connectivity index (χ1) is 12.4. The SMILES string of the molecule is CCCCCCCCC(=O)Nc1sc2c(c1C#N)CCC(C(C)(C)C)C2. The Morgan fingerprint density at radius 2 is 1.92 bits per heavy atom. The molecule has 1 unspecified atom stereocenters. The van der Waals surface area contributed by atoms with Gasteiger partial charge in [-0.05, 0) is 42.6 Å². The smallest absolute Gasteiger partial charge is 0.225 e. The van der Waals surface area contributed by atoms with E-state index in [1.807, 2.05) is 0 Å². The van der Waals surface area contributed by atoms with Gasteiger partial charge in [-0.15, -0.1) is 11.3 Å². The minimum Gasteiger partial charge on any atom is -0.317 e. The van der Waals surface area contributed by atoms with E-state index in [1.165, 1.54) is 36.1 Å². The molecule has 0 saturated carbocycles. The number of hydrogen-bond donors (Lipinski definition) is 1. The number of carbonyl (C=O) groups is 1. The summed E-state index contributed by atoms with van der Waals surface area (Å²) in [4.78, 5) is 13.6. The van der Waals surface area contributed by atoms with Crippen LogP contribution in [0.25, 0.3) is 0 Å². The molecule has 1 aliphatic carbocycles. The standard InChI is InChI=1S/C22H34N2OS/c1-5-6-7-8-9-10-11-20(25)24-21-18(15-23)17-13-12-16(22(2,3)4)14-19(17)26-21/h16H,5-14H2,1-4H3,(H,24,25). The lowest BCUT2D eigenvalue weighted by Gasteiger charge is -2.33. The van der Waals surface area contributed by atoms with Crippen molar-refractivity contribution in [1.29, 1.82) is 5.26 Å². The average Bonchev–Trinajstić information content (AvgIpc) is 2.93. The third-order valence-electron chi connectivity index (χ3n) is 5.61. The number of unbranched alkanes of at least 4 members (excludes halogenated alkanes) is 5. The van der Waals surface area contributed by atoms with Crippen LogP contribution in [0.3, 0.4) is 0 Å². The van der Waals surface area contributed by atoms with Gasteiger partial charge in [0.05, 0.1) is 5.56 Å². The van der Waals surface area contributed by atoms with Crippen LogP contribution in [0.2, 0.25) is 0 Å². The van der Waals surface area contributed by atoms with E-state index in [9.17, 15) is 10.1 Å². The number of fused-ring (bicyclic) bond motifs is 1. The summed E-state index contributed by atoms with van der Waals surface area (Å²) in [6.45, 7) is 9.10. The first kappa shape index (κ1) is 21.0. The molecule has 26 heavy (non-hydrogen) atoms. The quantitative estimate of drug-likeness (QED) is 0.531. The van der Waals surface area contributed by atoms with Crippen molar-refractivity contribution in [3.8, 4) is 6.07 Å². The molecule has 4 heteroatoms. The Hall–Kier alpha value is -1.34. The van der Waals surface area contributed by atoms with Crippen molar-refractivity contribution in [3.63, 3.8) is 0 Å². The van der Waals surface area contributed by atoms with E-state index < -0.39 is 0 Å². The molecule has 144 valence electrons. The van der Waals surface area contributed by atoms with Crippen molar-refractivity contribution in [2.75, 3.05) is 5.32 Å². The lowest BCUT2D eigenvalue weighted by molar-refractivity contribution is -0.116. The molecule has 0 radical (unpaired) electrons. The van der Waals surface area contributed by atoms with Crippen LogP contribution in [0.5, 0.6) is 0 Å². The molecule has 1 atom stereocenters. The molecule has 0 saturated heterocycles. The molecule has 1 N–H and O–H groups in total. The number of nitriles is 1. The van der Waals surface area contributed by atoms with Gasteiger partial charge in [0.2, 0.25) is 5.91 Å². The molecule has 0 spiro atoms. The molecule has 0 aliphatic heterocycles. The van der Waals surface area contributed by atoms with Gasteiger partial charge in [0.1, 0.15) is 11.1 Å². The Balaban J connectivity index is 1.93. The largest absolute Gasteiger partial charge is 0.317 e. The molecule has 1 heterocycles. The van der Waals surface area contributed by atoms with Crippen LogP contribution in [-0.2, 0) is 17.6 Å². The van der Waals surface area contributed by atoms with Crippen LogP contribution < -0.4 is 5.32 Å². The second kappa shape index (κ2) is 9.55. The molecule has 1 aromatic heterocycles. The van der Waals surface area contributed by atoms with Gasteiger partial charge in [0.15, 0.2) is 0 Å². The fourth-order valence-electron chi connectivity index (χ4n) is 3.79. The second-order valence-corrected chi connectivity index (χ2v) is 9.80. The predicted octanol–water partition coefficient (Wildman–Crippen LogP) is 6.46. The number of nitrogens with zero attached hydrogens (tertiary/aromatic N) is 1. The number of carbonyl (C=O) groups excluding carboxylic acids is 1. The zero-order valence-corrected chi connectivity index (χ0v) is 17.7. The highest BCUT2D eigenvalue weighted by Gasteiger charge is 2.32. The van der Waals surface area contributed by atoms with Crippen LogP contribution in [0.15, 0.2) is 0 Å². The highest BCUT2D eigenvalue weighted by molar-refractivity contribution is 7.16. The van der Waals surface area contributed by atoms with Gasteiger partial charge >= 0.3 is 0 Å². The Labute approximate surface area is 163 Å². The summed E-state index contributed by atoms with van der Waals surface area (Å²) in [6, 6.07) is 2.35. The summed E-state index contributed by atoms with van der Waals surface area (Å²) in [6.07, 6.45) is 10.8. The van der Waals surface area contributed by atoms with Crippen molar-refractivity contribution in [2.45, 2.75) is 91.9 Å². The topological polar surface area (TPSA) is 52.9 Å². The van der Waals surface area contributed by atoms with Crippen LogP contribution in [0.4, 0.5) is 5.00 Å². The molecular formula is C22H34N2OS. The number of nitrogens with one attached hydrogen (secondary N) is 1. The molecule has 3 nitrogen and oxygen atoms in total. The van der Waals surface area contributed by atoms with Crippen molar-refractivity contribution in [2.24, 2.45) is 11.3 Å². The minimum absolute atomic E-state index is 0.0583. The molecular weight excluding hydrogens is 340 g/mol. The Morgan fingerprint density at radius 3 is 2.58 bits per heavy atom. The fourth-order valence-corrected chi connectivity index (χ4v) is 5.08. The predicted molar refractivity (Wildman–Crippen MR) is 111 cm³/mol. The molecule has 1 aliphatic rings. The maximum atomic E-state index is 12.3. The Morgan fingerprint density at radius 1 is 1.23 bits per heavy atom. The van der Waals surface area contributed by atoms with E-state index in [0.29, 0.717) is 17.9 Å². The number of anilines is 1. The van der Waals surface area contributed by atoms with Gasteiger partial charge < -0.3 is 5.32 Å². The Bertz CT molecular complexity index is 648. The maximum absolute atomic E-state index is 12.3. The van der Waals surface area contributed by atoms with Crippen LogP contribution >= 0.6 is 11.3 Å². The molecule has 0 aromatic carbocycles. The summed E-state index contributed by atoms with van der Waals surface area (Å²) in [5.41, 5.74) is 2.19. The zero-order chi connectivity index (χ0) is 19.2. The summed E-state index contributed by atoms with van der Waals surface area (Å²) in [5, 5.41) is 13.4. The summed E-state index contributed by atoms with van der Waals surface area (Å²) >= 11 is 1.63. The number of thiophene rings is 1. The molecule has 0 fully saturated rings. The Kier molecular flexibility index (Phi) is 7.70. The van der Waals surface area contributed by atoms with Crippen LogP contribution in [0.1, 0.15) is 95.1 Å². The first-order valence-electron chi connectivity index (χ1n) is 10.2. The summed E-state index contributed by atoms with van der Waals surface area (Å²) in [7, 11) is 0. The number of amides is 1. The van der Waals surface area contributed by atoms with Gasteiger partial charge in [-0.3, -0.25) is 4.79 Å². The van der Waals surface area contributed by atoms with E-state index in [0.717, 1.165) is 37.1 Å². The highest BCUT2D eigenvalue weighted by Crippen LogP contribution is 2.44. The number of rotatable bonds is 8. The lowest BCUT2D eigenvalue weighted by Crippen LogP contribution is -2.26. The lowest BCUT2D eigenvalue weighted by atomic mass is 9.72. The monoisotopic (exact) mass is 374 g/mol. The zero-order valence-electron chi connectivity index (χ0n) is 16.9. The van der Waals surface area contributed by atoms with Gasteiger partial charge in [-0.2, -0.15) is 5.26 Å². The van der Waals surface area contributed by atoms with E-state index >= 15 is 0 Å². The fraction of sp³-hybridized carbons (Fsp3) is 0.727. The van der Waals surface area contributed by atoms with Crippen molar-refractivity contribution < 1.29 is 4.79 Å². The van der Waals surface area contributed by atoms with Crippen molar-refractivity contribution in [1.82, 2.24) is 0 Å². The van der Waals surface area contributed by atoms with Gasteiger partial charge in [0.25, 0.3) is 0 Å². The van der Waals surface area contributed by atoms with E-state index in [4.69, 9.17) is 0 Å². The maximum Gasteiger partial charge on any atom is 0.225 e. The molecule has 2 rings (SSSR count). The van der Waals surface area contributed by atoms with Gasteiger partial charge in [-0.25, -0.2) is 0 Å². The third kappa shape index (κ3) is 5.58. The van der Waals surface area contributed by atoms with Crippen LogP contribution in [0, 0.1) is 22.7 Å². The number of hydrogen-bond acceptors (Lipinski definition) is 3. The van der Waals surface area contributed by atoms with Crippen LogP contribution in [-0.4, -0.2) is 5.91 Å². The molecule has 0 bridgehead atoms. The third-order valence-corrected chi connectivity index (χ3v) is 6.78. The minimum atomic E-state index is 0.0583. The molecule has 1 aromatic rings. The van der Waals surface area contributed by atoms with Gasteiger partial charge in [-0.1, -0.05) is 59.8 Å². The summed E-state index contributed by atoms with van der Waals surface area (Å²) < 4.78 is 0.